The van der Waals surface area contributed by atoms with Crippen LogP contribution in [0.2, 0.25) is 0 Å². The minimum absolute atomic E-state index is 0.0417. The quantitative estimate of drug-likeness (QED) is 0.774. The number of halogens is 2. The van der Waals surface area contributed by atoms with Gasteiger partial charge in [0.05, 0.1) is 10.6 Å². The lowest BCUT2D eigenvalue weighted by atomic mass is 9.89. The molecule has 2 unspecified atom stereocenters. The Kier molecular flexibility index (Phi) is 3.98. The Morgan fingerprint density at radius 1 is 1.19 bits per heavy atom. The van der Waals surface area contributed by atoms with Crippen molar-refractivity contribution in [2.45, 2.75) is 44.1 Å². The zero-order valence-electron chi connectivity index (χ0n) is 9.13. The molecule has 0 amide bonds. The van der Waals surface area contributed by atoms with Crippen molar-refractivity contribution < 1.29 is 9.50 Å². The van der Waals surface area contributed by atoms with E-state index in [0.29, 0.717) is 10.0 Å². The molecule has 1 aliphatic rings. The number of benzene rings is 1. The van der Waals surface area contributed by atoms with Gasteiger partial charge in [0.15, 0.2) is 0 Å². The lowest BCUT2D eigenvalue weighted by Crippen LogP contribution is -2.18. The van der Waals surface area contributed by atoms with Gasteiger partial charge in [-0.2, -0.15) is 0 Å². The molecule has 16 heavy (non-hydrogen) atoms. The van der Waals surface area contributed by atoms with Crippen LogP contribution in [-0.2, 0) is 0 Å². The Morgan fingerprint density at radius 2 is 1.94 bits per heavy atom. The minimum atomic E-state index is -0.397. The fourth-order valence-corrected chi connectivity index (χ4v) is 2.84. The number of rotatable bonds is 1. The molecule has 0 bridgehead atoms. The lowest BCUT2D eigenvalue weighted by Gasteiger charge is -2.21. The molecule has 0 spiro atoms. The van der Waals surface area contributed by atoms with Gasteiger partial charge >= 0.3 is 0 Å². The van der Waals surface area contributed by atoms with E-state index >= 15 is 0 Å². The highest BCUT2D eigenvalue weighted by molar-refractivity contribution is 9.10. The molecule has 0 heterocycles. The monoisotopic (exact) mass is 286 g/mol. The SMILES string of the molecule is OC1CCCCCC1c1cccc(Br)c1F. The molecule has 1 N–H and O–H groups in total. The van der Waals surface area contributed by atoms with Crippen LogP contribution < -0.4 is 0 Å². The first kappa shape index (κ1) is 12.1. The molecule has 2 atom stereocenters. The Balaban J connectivity index is 2.30. The van der Waals surface area contributed by atoms with Crippen LogP contribution in [0, 0.1) is 5.82 Å². The summed E-state index contributed by atoms with van der Waals surface area (Å²) < 4.78 is 14.4. The number of aliphatic hydroxyl groups excluding tert-OH is 1. The average molecular weight is 287 g/mol. The second-order valence-corrected chi connectivity index (χ2v) is 5.31. The molecule has 0 aliphatic heterocycles. The smallest absolute Gasteiger partial charge is 0.140 e. The number of hydrogen-bond donors (Lipinski definition) is 1. The summed E-state index contributed by atoms with van der Waals surface area (Å²) in [4.78, 5) is 0. The highest BCUT2D eigenvalue weighted by Crippen LogP contribution is 2.35. The van der Waals surface area contributed by atoms with E-state index in [1.54, 1.807) is 12.1 Å². The number of aliphatic hydroxyl groups is 1. The fraction of sp³-hybridized carbons (Fsp3) is 0.538. The van der Waals surface area contributed by atoms with Crippen LogP contribution in [0.5, 0.6) is 0 Å². The lowest BCUT2D eigenvalue weighted by molar-refractivity contribution is 0.133. The zero-order chi connectivity index (χ0) is 11.5. The van der Waals surface area contributed by atoms with Gasteiger partial charge in [0.1, 0.15) is 5.82 Å². The van der Waals surface area contributed by atoms with Crippen molar-refractivity contribution in [3.8, 4) is 0 Å². The minimum Gasteiger partial charge on any atom is -0.392 e. The van der Waals surface area contributed by atoms with Gasteiger partial charge < -0.3 is 5.11 Å². The van der Waals surface area contributed by atoms with Gasteiger partial charge in [-0.1, -0.05) is 31.4 Å². The Hall–Kier alpha value is -0.410. The number of hydrogen-bond acceptors (Lipinski definition) is 1. The predicted molar refractivity (Wildman–Crippen MR) is 65.9 cm³/mol. The molecule has 1 aromatic carbocycles. The van der Waals surface area contributed by atoms with Crippen molar-refractivity contribution >= 4 is 15.9 Å². The van der Waals surface area contributed by atoms with E-state index in [-0.39, 0.29) is 11.7 Å². The third-order valence-corrected chi connectivity index (χ3v) is 3.97. The third kappa shape index (κ3) is 2.46. The fourth-order valence-electron chi connectivity index (χ4n) is 2.46. The van der Waals surface area contributed by atoms with Crippen LogP contribution in [0.3, 0.4) is 0 Å². The molecule has 0 aromatic heterocycles. The van der Waals surface area contributed by atoms with E-state index in [4.69, 9.17) is 0 Å². The van der Waals surface area contributed by atoms with E-state index in [1.165, 1.54) is 0 Å². The van der Waals surface area contributed by atoms with Gasteiger partial charge in [-0.25, -0.2) is 4.39 Å². The summed E-state index contributed by atoms with van der Waals surface area (Å²) in [5.41, 5.74) is 0.656. The molecule has 1 aliphatic carbocycles. The van der Waals surface area contributed by atoms with E-state index in [0.717, 1.165) is 32.1 Å². The summed E-state index contributed by atoms with van der Waals surface area (Å²) in [5, 5.41) is 10.0. The van der Waals surface area contributed by atoms with E-state index in [1.807, 2.05) is 6.07 Å². The molecule has 1 saturated carbocycles. The van der Waals surface area contributed by atoms with Gasteiger partial charge in [-0.3, -0.25) is 0 Å². The van der Waals surface area contributed by atoms with Gasteiger partial charge in [-0.15, -0.1) is 0 Å². The van der Waals surface area contributed by atoms with Crippen LogP contribution in [0.4, 0.5) is 4.39 Å². The van der Waals surface area contributed by atoms with Crippen molar-refractivity contribution in [2.75, 3.05) is 0 Å². The first-order chi connectivity index (χ1) is 7.70. The highest BCUT2D eigenvalue weighted by Gasteiger charge is 2.26. The summed E-state index contributed by atoms with van der Waals surface area (Å²) in [6, 6.07) is 5.32. The van der Waals surface area contributed by atoms with Gasteiger partial charge in [-0.05, 0) is 40.4 Å². The molecule has 2 rings (SSSR count). The van der Waals surface area contributed by atoms with Gasteiger partial charge in [0.25, 0.3) is 0 Å². The van der Waals surface area contributed by atoms with Gasteiger partial charge in [0, 0.05) is 5.92 Å². The standard InChI is InChI=1S/C13H16BrFO/c14-11-7-4-6-10(13(11)15)9-5-2-1-3-8-12(9)16/h4,6-7,9,12,16H,1-3,5,8H2. The first-order valence-corrected chi connectivity index (χ1v) is 6.61. The molecule has 1 aromatic rings. The van der Waals surface area contributed by atoms with Crippen molar-refractivity contribution in [3.05, 3.63) is 34.1 Å². The largest absolute Gasteiger partial charge is 0.392 e. The second kappa shape index (κ2) is 5.28. The molecule has 3 heteroatoms. The van der Waals surface area contributed by atoms with Crippen LogP contribution in [0.1, 0.15) is 43.6 Å². The maximum Gasteiger partial charge on any atom is 0.140 e. The molecule has 1 fully saturated rings. The Labute approximate surface area is 104 Å². The zero-order valence-corrected chi connectivity index (χ0v) is 10.7. The molecule has 0 saturated heterocycles. The predicted octanol–water partition coefficient (Wildman–Crippen LogP) is 4.00. The Bertz CT molecular complexity index is 367. The van der Waals surface area contributed by atoms with E-state index in [2.05, 4.69) is 15.9 Å². The second-order valence-electron chi connectivity index (χ2n) is 4.45. The van der Waals surface area contributed by atoms with Crippen LogP contribution in [0.15, 0.2) is 22.7 Å². The van der Waals surface area contributed by atoms with Crippen LogP contribution in [0.25, 0.3) is 0 Å². The molecule has 0 radical (unpaired) electrons. The van der Waals surface area contributed by atoms with E-state index in [9.17, 15) is 9.50 Å². The average Bonchev–Trinajstić information content (AvgIpc) is 2.47. The van der Waals surface area contributed by atoms with Crippen LogP contribution in [-0.4, -0.2) is 11.2 Å². The summed E-state index contributed by atoms with van der Waals surface area (Å²) in [7, 11) is 0. The van der Waals surface area contributed by atoms with Crippen molar-refractivity contribution in [2.24, 2.45) is 0 Å². The molecular weight excluding hydrogens is 271 g/mol. The maximum atomic E-state index is 13.9. The molecule has 1 nitrogen and oxygen atoms in total. The highest BCUT2D eigenvalue weighted by atomic mass is 79.9. The summed E-state index contributed by atoms with van der Waals surface area (Å²) in [6.45, 7) is 0. The van der Waals surface area contributed by atoms with Crippen molar-refractivity contribution in [1.82, 2.24) is 0 Å². The molecular formula is C13H16BrFO. The summed E-state index contributed by atoms with van der Waals surface area (Å²) >= 11 is 3.20. The molecule has 88 valence electrons. The Morgan fingerprint density at radius 3 is 2.75 bits per heavy atom. The van der Waals surface area contributed by atoms with Crippen molar-refractivity contribution in [1.29, 1.82) is 0 Å². The van der Waals surface area contributed by atoms with E-state index < -0.39 is 6.10 Å². The summed E-state index contributed by atoms with van der Waals surface area (Å²) in [5.74, 6) is -0.256. The van der Waals surface area contributed by atoms with Crippen LogP contribution >= 0.6 is 15.9 Å². The topological polar surface area (TPSA) is 20.2 Å². The maximum absolute atomic E-state index is 13.9. The normalized spacial score (nSPS) is 26.4. The van der Waals surface area contributed by atoms with Crippen molar-refractivity contribution in [3.63, 3.8) is 0 Å². The van der Waals surface area contributed by atoms with Gasteiger partial charge in [0.2, 0.25) is 0 Å². The summed E-state index contributed by atoms with van der Waals surface area (Å²) in [6.07, 6.45) is 4.54. The first-order valence-electron chi connectivity index (χ1n) is 5.82. The third-order valence-electron chi connectivity index (χ3n) is 3.36.